The average molecular weight is 358 g/mol. The van der Waals surface area contributed by atoms with Gasteiger partial charge in [-0.25, -0.2) is 8.42 Å². The molecule has 3 rings (SSSR count). The van der Waals surface area contributed by atoms with Crippen LogP contribution in [-0.2, 0) is 9.84 Å². The molecule has 1 aliphatic heterocycles. The van der Waals surface area contributed by atoms with Gasteiger partial charge >= 0.3 is 0 Å². The molecule has 0 amide bonds. The molecular formula is C15H20BrNO2S. The van der Waals surface area contributed by atoms with Crippen molar-refractivity contribution in [3.05, 3.63) is 34.3 Å². The fraction of sp³-hybridized carbons (Fsp3) is 0.600. The Bertz CT molecular complexity index is 610. The molecule has 1 N–H and O–H groups in total. The van der Waals surface area contributed by atoms with Crippen LogP contribution >= 0.6 is 15.9 Å². The topological polar surface area (TPSA) is 46.2 Å². The van der Waals surface area contributed by atoms with E-state index in [1.807, 2.05) is 13.0 Å². The summed E-state index contributed by atoms with van der Waals surface area (Å²) in [5.74, 6) is 1.21. The number of nitrogens with one attached hydrogen (secondary N) is 1. The summed E-state index contributed by atoms with van der Waals surface area (Å²) in [6.07, 6.45) is 2.93. The summed E-state index contributed by atoms with van der Waals surface area (Å²) in [4.78, 5) is 0. The lowest BCUT2D eigenvalue weighted by atomic mass is 9.75. The summed E-state index contributed by atoms with van der Waals surface area (Å²) in [6.45, 7) is 2.04. The third-order valence-corrected chi connectivity index (χ3v) is 7.16. The van der Waals surface area contributed by atoms with Crippen LogP contribution in [-0.4, -0.2) is 31.5 Å². The van der Waals surface area contributed by atoms with E-state index in [0.29, 0.717) is 17.7 Å². The van der Waals surface area contributed by atoms with Crippen molar-refractivity contribution in [2.45, 2.75) is 43.7 Å². The normalized spacial score (nSPS) is 35.7. The number of rotatable bonds is 3. The van der Waals surface area contributed by atoms with Crippen LogP contribution in [0.15, 0.2) is 28.7 Å². The number of hydrogen-bond acceptors (Lipinski definition) is 3. The molecule has 1 aliphatic carbocycles. The van der Waals surface area contributed by atoms with Crippen LogP contribution in [0.5, 0.6) is 0 Å². The molecule has 1 unspecified atom stereocenters. The number of sulfone groups is 1. The minimum absolute atomic E-state index is 0.220. The van der Waals surface area contributed by atoms with E-state index in [1.54, 1.807) is 0 Å². The molecule has 1 atom stereocenters. The first-order valence-corrected chi connectivity index (χ1v) is 9.71. The summed E-state index contributed by atoms with van der Waals surface area (Å²) in [6, 6.07) is 8.82. The molecule has 1 saturated carbocycles. The highest BCUT2D eigenvalue weighted by Crippen LogP contribution is 2.41. The lowest BCUT2D eigenvalue weighted by Crippen LogP contribution is -2.53. The summed E-state index contributed by atoms with van der Waals surface area (Å²) in [5, 5.41) is 3.57. The summed E-state index contributed by atoms with van der Waals surface area (Å²) < 4.78 is 24.4. The van der Waals surface area contributed by atoms with Crippen molar-refractivity contribution in [3.8, 4) is 0 Å². The Hall–Kier alpha value is -0.390. The van der Waals surface area contributed by atoms with Crippen LogP contribution in [0.3, 0.4) is 0 Å². The highest BCUT2D eigenvalue weighted by Gasteiger charge is 2.42. The minimum atomic E-state index is -2.83. The first-order chi connectivity index (χ1) is 9.37. The van der Waals surface area contributed by atoms with Crippen LogP contribution in [0, 0.1) is 0 Å². The second-order valence-electron chi connectivity index (χ2n) is 6.43. The molecule has 20 heavy (non-hydrogen) atoms. The van der Waals surface area contributed by atoms with Crippen molar-refractivity contribution < 1.29 is 8.42 Å². The Morgan fingerprint density at radius 2 is 2.00 bits per heavy atom. The molecule has 0 radical (unpaired) electrons. The maximum Gasteiger partial charge on any atom is 0.152 e. The van der Waals surface area contributed by atoms with Crippen molar-refractivity contribution in [1.29, 1.82) is 0 Å². The molecule has 1 heterocycles. The van der Waals surface area contributed by atoms with Crippen molar-refractivity contribution in [1.82, 2.24) is 5.32 Å². The summed E-state index contributed by atoms with van der Waals surface area (Å²) in [5.41, 5.74) is 1.15. The second kappa shape index (κ2) is 5.11. The summed E-state index contributed by atoms with van der Waals surface area (Å²) in [7, 11) is -2.83. The van der Waals surface area contributed by atoms with Crippen LogP contribution < -0.4 is 5.32 Å². The second-order valence-corrected chi connectivity index (χ2v) is 9.47. The van der Waals surface area contributed by atoms with Crippen LogP contribution in [0.4, 0.5) is 0 Å². The van der Waals surface area contributed by atoms with Crippen molar-refractivity contribution in [2.75, 3.05) is 11.5 Å². The fourth-order valence-electron chi connectivity index (χ4n) is 3.41. The standard InChI is InChI=1S/C15H20BrNO2S/c1-15(6-7-20(18,19)10-15)17-12-8-11(9-12)13-4-2-3-5-14(13)16/h2-5,11-12,17H,6-10H2,1H3. The first kappa shape index (κ1) is 14.5. The fourth-order valence-corrected chi connectivity index (χ4v) is 6.13. The predicted molar refractivity (Wildman–Crippen MR) is 84.7 cm³/mol. The quantitative estimate of drug-likeness (QED) is 0.904. The van der Waals surface area contributed by atoms with Crippen LogP contribution in [0.2, 0.25) is 0 Å². The van der Waals surface area contributed by atoms with Gasteiger partial charge in [-0.3, -0.25) is 0 Å². The van der Waals surface area contributed by atoms with Crippen LogP contribution in [0.25, 0.3) is 0 Å². The number of benzene rings is 1. The summed E-state index contributed by atoms with van der Waals surface area (Å²) >= 11 is 3.61. The van der Waals surface area contributed by atoms with E-state index >= 15 is 0 Å². The molecule has 110 valence electrons. The molecule has 1 aromatic carbocycles. The average Bonchev–Trinajstić information content (AvgIpc) is 2.59. The van der Waals surface area contributed by atoms with Crippen molar-refractivity contribution in [3.63, 3.8) is 0 Å². The van der Waals surface area contributed by atoms with Gasteiger partial charge in [-0.2, -0.15) is 0 Å². The van der Waals surface area contributed by atoms with Gasteiger partial charge in [-0.15, -0.1) is 0 Å². The molecule has 1 saturated heterocycles. The molecule has 0 aromatic heterocycles. The monoisotopic (exact) mass is 357 g/mol. The molecule has 5 heteroatoms. The van der Waals surface area contributed by atoms with Crippen molar-refractivity contribution in [2.24, 2.45) is 0 Å². The van der Waals surface area contributed by atoms with E-state index in [1.165, 1.54) is 10.0 Å². The third kappa shape index (κ3) is 2.95. The van der Waals surface area contributed by atoms with E-state index in [-0.39, 0.29) is 11.3 Å². The molecular weight excluding hydrogens is 338 g/mol. The zero-order valence-electron chi connectivity index (χ0n) is 11.6. The highest BCUT2D eigenvalue weighted by molar-refractivity contribution is 9.10. The Labute approximate surface area is 129 Å². The van der Waals surface area contributed by atoms with Gasteiger partial charge in [-0.1, -0.05) is 34.1 Å². The Morgan fingerprint density at radius 1 is 1.30 bits per heavy atom. The first-order valence-electron chi connectivity index (χ1n) is 7.09. The number of halogens is 1. The van der Waals surface area contributed by atoms with E-state index in [4.69, 9.17) is 0 Å². The van der Waals surface area contributed by atoms with Gasteiger partial charge in [0.25, 0.3) is 0 Å². The van der Waals surface area contributed by atoms with Gasteiger partial charge in [0, 0.05) is 16.1 Å². The maximum atomic E-state index is 11.6. The largest absolute Gasteiger partial charge is 0.308 e. The van der Waals surface area contributed by atoms with E-state index in [9.17, 15) is 8.42 Å². The van der Waals surface area contributed by atoms with Gasteiger partial charge in [0.2, 0.25) is 0 Å². The molecule has 3 nitrogen and oxygen atoms in total. The Balaban J connectivity index is 1.58. The molecule has 2 aliphatic rings. The zero-order valence-corrected chi connectivity index (χ0v) is 14.0. The van der Waals surface area contributed by atoms with E-state index in [2.05, 4.69) is 39.4 Å². The Morgan fingerprint density at radius 3 is 2.60 bits per heavy atom. The van der Waals surface area contributed by atoms with Gasteiger partial charge in [0.15, 0.2) is 9.84 Å². The smallest absolute Gasteiger partial charge is 0.152 e. The van der Waals surface area contributed by atoms with E-state index in [0.717, 1.165) is 19.3 Å². The van der Waals surface area contributed by atoms with Gasteiger partial charge in [-0.05, 0) is 43.7 Å². The van der Waals surface area contributed by atoms with E-state index < -0.39 is 9.84 Å². The molecule has 1 aromatic rings. The number of hydrogen-bond donors (Lipinski definition) is 1. The molecule has 0 spiro atoms. The van der Waals surface area contributed by atoms with Crippen LogP contribution in [0.1, 0.15) is 37.7 Å². The van der Waals surface area contributed by atoms with Gasteiger partial charge in [0.05, 0.1) is 11.5 Å². The lowest BCUT2D eigenvalue weighted by molar-refractivity contribution is 0.227. The highest BCUT2D eigenvalue weighted by atomic mass is 79.9. The third-order valence-electron chi connectivity index (χ3n) is 4.54. The lowest BCUT2D eigenvalue weighted by Gasteiger charge is -2.41. The van der Waals surface area contributed by atoms with Gasteiger partial charge in [0.1, 0.15) is 0 Å². The zero-order chi connectivity index (χ0) is 14.4. The molecule has 0 bridgehead atoms. The predicted octanol–water partition coefficient (Wildman–Crippen LogP) is 2.86. The maximum absolute atomic E-state index is 11.6. The van der Waals surface area contributed by atoms with Crippen molar-refractivity contribution >= 4 is 25.8 Å². The minimum Gasteiger partial charge on any atom is -0.308 e. The SMILES string of the molecule is CC1(NC2CC(c3ccccc3Br)C2)CCS(=O)(=O)C1. The van der Waals surface area contributed by atoms with Gasteiger partial charge < -0.3 is 5.32 Å². The Kier molecular flexibility index (Phi) is 3.72. The molecule has 2 fully saturated rings.